The molecule has 1 aromatic carbocycles. The van der Waals surface area contributed by atoms with Gasteiger partial charge in [-0.1, -0.05) is 17.7 Å². The average Bonchev–Trinajstić information content (AvgIpc) is 2.92. The molecular formula is C15H18ClNO2. The van der Waals surface area contributed by atoms with Crippen molar-refractivity contribution in [1.82, 2.24) is 0 Å². The molecule has 19 heavy (non-hydrogen) atoms. The van der Waals surface area contributed by atoms with Crippen LogP contribution in [0.25, 0.3) is 0 Å². The minimum Gasteiger partial charge on any atom is -0.481 e. The highest BCUT2D eigenvalue weighted by molar-refractivity contribution is 6.32. The van der Waals surface area contributed by atoms with E-state index >= 15 is 0 Å². The fourth-order valence-corrected chi connectivity index (χ4v) is 3.58. The van der Waals surface area contributed by atoms with Crippen molar-refractivity contribution < 1.29 is 9.90 Å². The Labute approximate surface area is 118 Å². The lowest BCUT2D eigenvalue weighted by Crippen LogP contribution is -2.23. The smallest absolute Gasteiger partial charge is 0.304 e. The maximum atomic E-state index is 11.1. The highest BCUT2D eigenvalue weighted by Gasteiger charge is 2.49. The summed E-state index contributed by atoms with van der Waals surface area (Å²) in [4.78, 5) is 13.5. The second-order valence-corrected chi connectivity index (χ2v) is 6.09. The molecular weight excluding hydrogens is 262 g/mol. The number of carbonyl (C=O) groups is 1. The normalized spacial score (nSPS) is 20.6. The summed E-state index contributed by atoms with van der Waals surface area (Å²) in [5.74, 6) is -0.732. The predicted octanol–water partition coefficient (Wildman–Crippen LogP) is 3.45. The van der Waals surface area contributed by atoms with Gasteiger partial charge in [-0.25, -0.2) is 0 Å². The molecule has 2 fully saturated rings. The van der Waals surface area contributed by atoms with Crippen LogP contribution in [0.1, 0.15) is 37.7 Å². The molecule has 1 aliphatic heterocycles. The molecule has 0 spiro atoms. The lowest BCUT2D eigenvalue weighted by Gasteiger charge is -2.26. The zero-order valence-corrected chi connectivity index (χ0v) is 11.6. The first-order chi connectivity index (χ1) is 9.12. The number of aliphatic carboxylic acids is 1. The van der Waals surface area contributed by atoms with Crippen molar-refractivity contribution in [2.75, 3.05) is 18.0 Å². The van der Waals surface area contributed by atoms with E-state index in [0.29, 0.717) is 0 Å². The van der Waals surface area contributed by atoms with Gasteiger partial charge in [0.15, 0.2) is 0 Å². The van der Waals surface area contributed by atoms with Gasteiger partial charge < -0.3 is 10.0 Å². The Hall–Kier alpha value is -1.22. The zero-order chi connectivity index (χ0) is 13.5. The third-order valence-corrected chi connectivity index (χ3v) is 4.63. The van der Waals surface area contributed by atoms with Crippen LogP contribution in [-0.2, 0) is 10.2 Å². The van der Waals surface area contributed by atoms with Crippen molar-refractivity contribution in [3.8, 4) is 0 Å². The highest BCUT2D eigenvalue weighted by atomic mass is 35.5. The van der Waals surface area contributed by atoms with Crippen LogP contribution in [0.4, 0.5) is 5.69 Å². The summed E-state index contributed by atoms with van der Waals surface area (Å²) in [5, 5.41) is 9.87. The van der Waals surface area contributed by atoms with E-state index in [-0.39, 0.29) is 11.8 Å². The molecule has 2 aliphatic rings. The van der Waals surface area contributed by atoms with E-state index < -0.39 is 5.97 Å². The molecule has 0 radical (unpaired) electrons. The van der Waals surface area contributed by atoms with Crippen LogP contribution in [0.3, 0.4) is 0 Å². The van der Waals surface area contributed by atoms with E-state index in [0.717, 1.165) is 42.2 Å². The van der Waals surface area contributed by atoms with E-state index in [1.807, 2.05) is 12.1 Å². The minimum atomic E-state index is -0.732. The highest BCUT2D eigenvalue weighted by Crippen LogP contribution is 2.56. The van der Waals surface area contributed by atoms with Gasteiger partial charge in [0, 0.05) is 34.8 Å². The summed E-state index contributed by atoms with van der Waals surface area (Å²) in [6.07, 6.45) is 4.47. The zero-order valence-electron chi connectivity index (χ0n) is 10.9. The monoisotopic (exact) mass is 279 g/mol. The van der Waals surface area contributed by atoms with Crippen molar-refractivity contribution in [2.45, 2.75) is 37.5 Å². The van der Waals surface area contributed by atoms with Gasteiger partial charge in [0.05, 0.1) is 6.42 Å². The predicted molar refractivity (Wildman–Crippen MR) is 76.1 cm³/mol. The van der Waals surface area contributed by atoms with Crippen molar-refractivity contribution in [1.29, 1.82) is 0 Å². The molecule has 1 N–H and O–H groups in total. The molecule has 0 amide bonds. The SMILES string of the molecule is O=C(O)CC1(c2c(Cl)cccc2N2CCCC2)CC1. The minimum absolute atomic E-state index is 0.192. The number of nitrogens with zero attached hydrogens (tertiary/aromatic N) is 1. The topological polar surface area (TPSA) is 40.5 Å². The van der Waals surface area contributed by atoms with Crippen molar-refractivity contribution in [2.24, 2.45) is 0 Å². The van der Waals surface area contributed by atoms with Gasteiger partial charge in [0.25, 0.3) is 0 Å². The molecule has 3 rings (SSSR count). The van der Waals surface area contributed by atoms with Gasteiger partial charge in [-0.2, -0.15) is 0 Å². The van der Waals surface area contributed by atoms with E-state index in [9.17, 15) is 4.79 Å². The van der Waals surface area contributed by atoms with Crippen LogP contribution >= 0.6 is 11.6 Å². The number of benzene rings is 1. The van der Waals surface area contributed by atoms with E-state index in [4.69, 9.17) is 16.7 Å². The van der Waals surface area contributed by atoms with E-state index in [1.165, 1.54) is 12.8 Å². The first-order valence-corrected chi connectivity index (χ1v) is 7.26. The quantitative estimate of drug-likeness (QED) is 0.918. The van der Waals surface area contributed by atoms with Crippen LogP contribution < -0.4 is 4.90 Å². The van der Waals surface area contributed by atoms with E-state index in [1.54, 1.807) is 0 Å². The van der Waals surface area contributed by atoms with Crippen LogP contribution in [0, 0.1) is 0 Å². The largest absolute Gasteiger partial charge is 0.481 e. The summed E-state index contributed by atoms with van der Waals surface area (Å²) in [5.41, 5.74) is 2.01. The molecule has 1 saturated carbocycles. The number of carboxylic acid groups (broad SMARTS) is 1. The molecule has 1 saturated heterocycles. The number of hydrogen-bond donors (Lipinski definition) is 1. The van der Waals surface area contributed by atoms with E-state index in [2.05, 4.69) is 11.0 Å². The van der Waals surface area contributed by atoms with Crippen molar-refractivity contribution in [3.63, 3.8) is 0 Å². The molecule has 3 nitrogen and oxygen atoms in total. The summed E-state index contributed by atoms with van der Waals surface area (Å²) in [6.45, 7) is 2.10. The molecule has 102 valence electrons. The Morgan fingerprint density at radius 2 is 2.00 bits per heavy atom. The van der Waals surface area contributed by atoms with Crippen LogP contribution in [0.2, 0.25) is 5.02 Å². The number of anilines is 1. The van der Waals surface area contributed by atoms with Crippen LogP contribution in [-0.4, -0.2) is 24.2 Å². The molecule has 0 bridgehead atoms. The third kappa shape index (κ3) is 2.32. The molecule has 0 unspecified atom stereocenters. The summed E-state index contributed by atoms with van der Waals surface area (Å²) < 4.78 is 0. The lowest BCUT2D eigenvalue weighted by molar-refractivity contribution is -0.137. The Morgan fingerprint density at radius 3 is 2.58 bits per heavy atom. The van der Waals surface area contributed by atoms with Gasteiger partial charge in [0.1, 0.15) is 0 Å². The van der Waals surface area contributed by atoms with Gasteiger partial charge >= 0.3 is 5.97 Å². The average molecular weight is 280 g/mol. The first kappa shape index (κ1) is 12.8. The van der Waals surface area contributed by atoms with Crippen LogP contribution in [0.15, 0.2) is 18.2 Å². The Morgan fingerprint density at radius 1 is 1.32 bits per heavy atom. The molecule has 1 aromatic rings. The van der Waals surface area contributed by atoms with Gasteiger partial charge in [-0.3, -0.25) is 4.79 Å². The van der Waals surface area contributed by atoms with Gasteiger partial charge in [0.2, 0.25) is 0 Å². The second kappa shape index (κ2) is 4.71. The Bertz CT molecular complexity index is 505. The number of halogens is 1. The fourth-order valence-electron chi connectivity index (χ4n) is 3.21. The molecule has 1 aliphatic carbocycles. The molecule has 1 heterocycles. The van der Waals surface area contributed by atoms with Gasteiger partial charge in [-0.15, -0.1) is 0 Å². The first-order valence-electron chi connectivity index (χ1n) is 6.88. The Kier molecular flexibility index (Phi) is 3.17. The standard InChI is InChI=1S/C15H18ClNO2/c16-11-4-3-5-12(17-8-1-2-9-17)14(11)15(6-7-15)10-13(18)19/h3-5H,1-2,6-10H2,(H,18,19). The maximum Gasteiger partial charge on any atom is 0.304 e. The molecule has 0 atom stereocenters. The number of carboxylic acids is 1. The molecule has 0 aromatic heterocycles. The number of rotatable bonds is 4. The summed E-state index contributed by atoms with van der Waals surface area (Å²) in [7, 11) is 0. The number of hydrogen-bond acceptors (Lipinski definition) is 2. The lowest BCUT2D eigenvalue weighted by atomic mass is 9.90. The fraction of sp³-hybridized carbons (Fsp3) is 0.533. The van der Waals surface area contributed by atoms with Crippen molar-refractivity contribution in [3.05, 3.63) is 28.8 Å². The summed E-state index contributed by atoms with van der Waals surface area (Å²) in [6, 6.07) is 5.95. The summed E-state index contributed by atoms with van der Waals surface area (Å²) >= 11 is 6.40. The van der Waals surface area contributed by atoms with Crippen LogP contribution in [0.5, 0.6) is 0 Å². The maximum absolute atomic E-state index is 11.1. The van der Waals surface area contributed by atoms with Crippen molar-refractivity contribution >= 4 is 23.3 Å². The third-order valence-electron chi connectivity index (χ3n) is 4.31. The molecule has 4 heteroatoms. The second-order valence-electron chi connectivity index (χ2n) is 5.68. The Balaban J connectivity index is 2.02. The van der Waals surface area contributed by atoms with Gasteiger partial charge in [-0.05, 0) is 37.8 Å².